The van der Waals surface area contributed by atoms with Gasteiger partial charge in [-0.05, 0) is 0 Å². The number of nitrogens with zero attached hydrogens (tertiary/aromatic N) is 1. The first-order valence-corrected chi connectivity index (χ1v) is 1.22. The van der Waals surface area contributed by atoms with E-state index in [0.29, 0.717) is 0 Å². The van der Waals surface area contributed by atoms with Crippen LogP contribution in [0.2, 0.25) is 0 Å². The second kappa shape index (κ2) is 2.77. The summed E-state index contributed by atoms with van der Waals surface area (Å²) >= 11 is 4.07. The molecule has 0 aromatic rings. The Bertz CT molecular complexity index is 53.5. The van der Waals surface area contributed by atoms with E-state index in [1.165, 1.54) is 0 Å². The summed E-state index contributed by atoms with van der Waals surface area (Å²) in [5, 5.41) is 7.47. The molecule has 0 saturated carbocycles. The number of rotatable bonds is 0. The third kappa shape index (κ3) is 1.77. The molecule has 0 aliphatic carbocycles. The molecule has 0 radical (unpaired) electrons. The quantitative estimate of drug-likeness (QED) is 0.381. The molecule has 0 aromatic heterocycles. The average Bonchev–Trinajstić information content (AvgIpc) is 1.37. The van der Waals surface area contributed by atoms with Crippen molar-refractivity contribution in [1.29, 1.82) is 5.26 Å². The van der Waals surface area contributed by atoms with Gasteiger partial charge in [0.1, 0.15) is 0 Å². The third-order valence-electron chi connectivity index (χ3n) is 0.0527. The maximum absolute atomic E-state index is 7.47. The van der Waals surface area contributed by atoms with Crippen molar-refractivity contribution < 1.29 is 0 Å². The van der Waals surface area contributed by atoms with Gasteiger partial charge in [-0.3, -0.25) is 0 Å². The van der Waals surface area contributed by atoms with Crippen LogP contribution in [-0.2, 0) is 0 Å². The van der Waals surface area contributed by atoms with Gasteiger partial charge in [0, 0.05) is 0 Å². The molecular formula is CBNS. The Hall–Kier alpha value is -0.225. The van der Waals surface area contributed by atoms with Crippen LogP contribution in [0.15, 0.2) is 0 Å². The molecule has 18 valence electrons. The van der Waals surface area contributed by atoms with Gasteiger partial charge in [0.05, 0.1) is 0 Å². The maximum atomic E-state index is 7.47. The summed E-state index contributed by atoms with van der Waals surface area (Å²) in [6, 6.07) is 0. The first-order valence-electron chi connectivity index (χ1n) is 0.748. The molecule has 0 saturated heterocycles. The van der Waals surface area contributed by atoms with E-state index in [1.54, 1.807) is 5.97 Å². The predicted octanol–water partition coefficient (Wildman–Crippen LogP) is 0.284. The normalized spacial score (nSPS) is 2.75. The van der Waals surface area contributed by atoms with Crippen LogP contribution in [0.1, 0.15) is 0 Å². The summed E-state index contributed by atoms with van der Waals surface area (Å²) in [4.78, 5) is 0. The van der Waals surface area contributed by atoms with Gasteiger partial charge >= 0.3 is 29.4 Å². The monoisotopic (exact) mass is 69.0 g/mol. The van der Waals surface area contributed by atoms with Crippen LogP contribution in [0.3, 0.4) is 0 Å². The molecule has 0 rings (SSSR count). The van der Waals surface area contributed by atoms with Crippen molar-refractivity contribution in [3.05, 3.63) is 0 Å². The molecule has 1 nitrogen and oxygen atoms in total. The van der Waals surface area contributed by atoms with E-state index in [0.717, 1.165) is 6.15 Å². The van der Waals surface area contributed by atoms with Gasteiger partial charge in [-0.1, -0.05) is 0 Å². The Balaban J connectivity index is 2.92. The molecule has 4 heavy (non-hydrogen) atoms. The van der Waals surface area contributed by atoms with Crippen molar-refractivity contribution in [3.63, 3.8) is 0 Å². The Morgan fingerprint density at radius 1 is 2.00 bits per heavy atom. The molecule has 0 aliphatic rings. The molecule has 0 aromatic carbocycles. The average molecular weight is 68.9 g/mol. The summed E-state index contributed by atoms with van der Waals surface area (Å²) in [6.07, 6.45) is 1.01. The second-order valence-corrected chi connectivity index (χ2v) is 0.483. The van der Waals surface area contributed by atoms with Gasteiger partial charge in [-0.15, -0.1) is 0 Å². The van der Waals surface area contributed by atoms with E-state index in [9.17, 15) is 0 Å². The summed E-state index contributed by atoms with van der Waals surface area (Å²) in [5.41, 5.74) is 0. The SMILES string of the molecule is N#CB=S. The molecular weight excluding hydrogens is 68.9 g/mol. The van der Waals surface area contributed by atoms with Gasteiger partial charge in [-0.25, -0.2) is 0 Å². The van der Waals surface area contributed by atoms with E-state index in [4.69, 9.17) is 5.26 Å². The second-order valence-electron chi connectivity index (χ2n) is 0.247. The fourth-order valence-electron chi connectivity index (χ4n) is 0. The van der Waals surface area contributed by atoms with Crippen molar-refractivity contribution in [2.24, 2.45) is 0 Å². The Morgan fingerprint density at radius 2 is 2.25 bits per heavy atom. The molecule has 0 spiro atoms. The molecule has 0 fully saturated rings. The zero-order chi connectivity index (χ0) is 3.41. The molecule has 0 aliphatic heterocycles. The molecule has 0 amide bonds. The number of hydrogen-bond acceptors (Lipinski definition) is 2. The van der Waals surface area contributed by atoms with Crippen LogP contribution < -0.4 is 0 Å². The van der Waals surface area contributed by atoms with Crippen LogP contribution in [0.5, 0.6) is 0 Å². The van der Waals surface area contributed by atoms with E-state index in [-0.39, 0.29) is 0 Å². The fraction of sp³-hybridized carbons (Fsp3) is 0. The van der Waals surface area contributed by atoms with Gasteiger partial charge in [0.15, 0.2) is 0 Å². The molecule has 0 bridgehead atoms. The number of nitriles is 1. The summed E-state index contributed by atoms with van der Waals surface area (Å²) in [6.45, 7) is 0. The Labute approximate surface area is 30.3 Å². The molecule has 3 heteroatoms. The third-order valence-corrected chi connectivity index (χ3v) is 0.158. The van der Waals surface area contributed by atoms with E-state index in [2.05, 4.69) is 12.1 Å². The minimum absolute atomic E-state index is 1.01. The molecule has 0 heterocycles. The Morgan fingerprint density at radius 3 is 2.25 bits per heavy atom. The minimum atomic E-state index is 1.01. The molecule has 0 N–H and O–H groups in total. The van der Waals surface area contributed by atoms with Crippen LogP contribution in [0, 0.1) is 11.2 Å². The van der Waals surface area contributed by atoms with Crippen molar-refractivity contribution in [2.75, 3.05) is 0 Å². The first-order chi connectivity index (χ1) is 1.91. The summed E-state index contributed by atoms with van der Waals surface area (Å²) < 4.78 is 0. The van der Waals surface area contributed by atoms with Crippen LogP contribution in [0.25, 0.3) is 0 Å². The van der Waals surface area contributed by atoms with Gasteiger partial charge in [-0.2, -0.15) is 0 Å². The van der Waals surface area contributed by atoms with Gasteiger partial charge < -0.3 is 0 Å². The van der Waals surface area contributed by atoms with Crippen molar-refractivity contribution >= 4 is 18.2 Å². The zero-order valence-corrected chi connectivity index (χ0v) is 2.75. The standard InChI is InChI=1S/CBNS/c3-1-2-4. The fourth-order valence-corrected chi connectivity index (χ4v) is 0. The predicted molar refractivity (Wildman–Crippen MR) is 19.0 cm³/mol. The first kappa shape index (κ1) is 3.77. The molecule has 0 atom stereocenters. The zero-order valence-electron chi connectivity index (χ0n) is 1.93. The van der Waals surface area contributed by atoms with E-state index in [1.807, 2.05) is 0 Å². The number of hydrogen-bond donors (Lipinski definition) is 0. The topological polar surface area (TPSA) is 23.8 Å². The van der Waals surface area contributed by atoms with Crippen LogP contribution in [-0.4, -0.2) is 6.15 Å². The summed E-state index contributed by atoms with van der Waals surface area (Å²) in [7, 11) is 0. The van der Waals surface area contributed by atoms with Gasteiger partial charge in [0.2, 0.25) is 0 Å². The Kier molecular flexibility index (Phi) is 2.62. The molecule has 0 unspecified atom stereocenters. The van der Waals surface area contributed by atoms with Gasteiger partial charge in [0.25, 0.3) is 0 Å². The van der Waals surface area contributed by atoms with Crippen LogP contribution in [0.4, 0.5) is 0 Å². The van der Waals surface area contributed by atoms with Crippen LogP contribution >= 0.6 is 12.1 Å². The summed E-state index contributed by atoms with van der Waals surface area (Å²) in [5.74, 6) is 1.62. The van der Waals surface area contributed by atoms with Crippen molar-refractivity contribution in [1.82, 2.24) is 0 Å². The van der Waals surface area contributed by atoms with E-state index < -0.39 is 0 Å². The van der Waals surface area contributed by atoms with E-state index >= 15 is 0 Å². The van der Waals surface area contributed by atoms with Crippen molar-refractivity contribution in [3.8, 4) is 5.97 Å². The van der Waals surface area contributed by atoms with Crippen molar-refractivity contribution in [2.45, 2.75) is 0 Å².